The first-order valence-electron chi connectivity index (χ1n) is 11.1. The lowest BCUT2D eigenvalue weighted by Crippen LogP contribution is -2.45. The lowest BCUT2D eigenvalue weighted by atomic mass is 9.94. The molecule has 0 saturated heterocycles. The highest BCUT2D eigenvalue weighted by Gasteiger charge is 2.35. The van der Waals surface area contributed by atoms with Crippen molar-refractivity contribution < 1.29 is 18.4 Å². The van der Waals surface area contributed by atoms with E-state index in [-0.39, 0.29) is 17.7 Å². The molecule has 176 valence electrons. The monoisotopic (exact) mass is 470 g/mol. The maximum Gasteiger partial charge on any atom is 0.322 e. The minimum atomic E-state index is -0.589. The predicted molar refractivity (Wildman–Crippen MR) is 129 cm³/mol. The van der Waals surface area contributed by atoms with Gasteiger partial charge in [0.15, 0.2) is 0 Å². The molecule has 35 heavy (non-hydrogen) atoms. The molecule has 4 aromatic rings. The standard InChI is InChI=1S/C27H23FN4O3/c1-17-23(26-30-25(31-35-26)20-8-4-3-5-9-20)24(19-11-13-21(28)14-12-19)29-27(33)32(17)16-18-7-6-10-22(15-18)34-2/h3-15,24H,16H2,1-2H3,(H,29,33). The van der Waals surface area contributed by atoms with Crippen LogP contribution in [0.2, 0.25) is 0 Å². The third-order valence-corrected chi connectivity index (χ3v) is 5.96. The molecular weight excluding hydrogens is 447 g/mol. The Morgan fingerprint density at radius 2 is 1.83 bits per heavy atom. The summed E-state index contributed by atoms with van der Waals surface area (Å²) in [6.45, 7) is 2.16. The summed E-state index contributed by atoms with van der Waals surface area (Å²) < 4.78 is 24.6. The van der Waals surface area contributed by atoms with Gasteiger partial charge in [-0.1, -0.05) is 59.8 Å². The van der Waals surface area contributed by atoms with Crippen LogP contribution < -0.4 is 10.1 Å². The topological polar surface area (TPSA) is 80.5 Å². The van der Waals surface area contributed by atoms with Crippen molar-refractivity contribution in [1.29, 1.82) is 0 Å². The molecule has 0 spiro atoms. The molecule has 1 atom stereocenters. The number of amides is 2. The predicted octanol–water partition coefficient (Wildman–Crippen LogP) is 5.58. The Morgan fingerprint density at radius 3 is 2.57 bits per heavy atom. The van der Waals surface area contributed by atoms with Crippen LogP contribution in [0.5, 0.6) is 5.75 Å². The molecule has 1 N–H and O–H groups in total. The highest BCUT2D eigenvalue weighted by atomic mass is 19.1. The largest absolute Gasteiger partial charge is 0.497 e. The third kappa shape index (κ3) is 4.50. The smallest absolute Gasteiger partial charge is 0.322 e. The van der Waals surface area contributed by atoms with E-state index in [1.54, 1.807) is 24.1 Å². The van der Waals surface area contributed by atoms with Crippen molar-refractivity contribution in [1.82, 2.24) is 20.4 Å². The summed E-state index contributed by atoms with van der Waals surface area (Å²) in [5, 5.41) is 7.19. The molecule has 0 saturated carbocycles. The van der Waals surface area contributed by atoms with E-state index in [4.69, 9.17) is 9.26 Å². The zero-order valence-electron chi connectivity index (χ0n) is 19.2. The van der Waals surface area contributed by atoms with E-state index in [9.17, 15) is 9.18 Å². The zero-order chi connectivity index (χ0) is 24.4. The first kappa shape index (κ1) is 22.3. The molecule has 1 aromatic heterocycles. The maximum absolute atomic E-state index is 13.6. The quantitative estimate of drug-likeness (QED) is 0.398. The molecule has 3 aromatic carbocycles. The van der Waals surface area contributed by atoms with Crippen LogP contribution in [0.1, 0.15) is 30.0 Å². The molecular formula is C27H23FN4O3. The number of benzene rings is 3. The molecule has 0 aliphatic carbocycles. The molecule has 1 aliphatic rings. The Kier molecular flexibility index (Phi) is 6.01. The average molecular weight is 471 g/mol. The van der Waals surface area contributed by atoms with Crippen LogP contribution >= 0.6 is 0 Å². The van der Waals surface area contributed by atoms with E-state index >= 15 is 0 Å². The molecule has 8 heteroatoms. The van der Waals surface area contributed by atoms with Crippen LogP contribution in [0.3, 0.4) is 0 Å². The SMILES string of the molecule is COc1cccc(CN2C(=O)NC(c3ccc(F)cc3)C(c3nc(-c4ccccc4)no3)=C2C)c1. The van der Waals surface area contributed by atoms with Gasteiger partial charge < -0.3 is 14.6 Å². The average Bonchev–Trinajstić information content (AvgIpc) is 3.37. The number of carbonyl (C=O) groups excluding carboxylic acids is 1. The van der Waals surface area contributed by atoms with Crippen molar-refractivity contribution >= 4 is 11.6 Å². The second-order valence-electron chi connectivity index (χ2n) is 8.16. The van der Waals surface area contributed by atoms with Gasteiger partial charge in [0, 0.05) is 11.3 Å². The number of ether oxygens (including phenoxy) is 1. The van der Waals surface area contributed by atoms with Crippen LogP contribution in [0, 0.1) is 5.82 Å². The van der Waals surface area contributed by atoms with Crippen LogP contribution in [0.25, 0.3) is 17.0 Å². The zero-order valence-corrected chi connectivity index (χ0v) is 19.2. The number of nitrogens with one attached hydrogen (secondary N) is 1. The molecule has 1 aliphatic heterocycles. The summed E-state index contributed by atoms with van der Waals surface area (Å²) in [5.41, 5.74) is 3.72. The van der Waals surface area contributed by atoms with E-state index in [1.807, 2.05) is 61.5 Å². The Balaban J connectivity index is 1.59. The first-order valence-corrected chi connectivity index (χ1v) is 11.1. The number of carbonyl (C=O) groups is 1. The number of hydrogen-bond donors (Lipinski definition) is 1. The number of urea groups is 1. The fraction of sp³-hybridized carbons (Fsp3) is 0.148. The van der Waals surface area contributed by atoms with Crippen molar-refractivity contribution in [2.24, 2.45) is 0 Å². The molecule has 2 amide bonds. The minimum absolute atomic E-state index is 0.284. The van der Waals surface area contributed by atoms with Crippen molar-refractivity contribution in [2.45, 2.75) is 19.5 Å². The number of methoxy groups -OCH3 is 1. The summed E-state index contributed by atoms with van der Waals surface area (Å²) in [6, 6.07) is 22.2. The number of halogens is 1. The van der Waals surface area contributed by atoms with E-state index in [1.165, 1.54) is 12.1 Å². The fourth-order valence-corrected chi connectivity index (χ4v) is 4.14. The summed E-state index contributed by atoms with van der Waals surface area (Å²) in [6.07, 6.45) is 0. The number of aromatic nitrogens is 2. The van der Waals surface area contributed by atoms with Gasteiger partial charge in [0.25, 0.3) is 5.89 Å². The molecule has 0 fully saturated rings. The van der Waals surface area contributed by atoms with Crippen LogP contribution in [-0.2, 0) is 6.54 Å². The lowest BCUT2D eigenvalue weighted by Gasteiger charge is -2.35. The summed E-state index contributed by atoms with van der Waals surface area (Å²) in [4.78, 5) is 19.5. The maximum atomic E-state index is 13.6. The highest BCUT2D eigenvalue weighted by molar-refractivity contribution is 5.86. The Hall–Kier alpha value is -4.46. The first-order chi connectivity index (χ1) is 17.0. The van der Waals surface area contributed by atoms with Crippen LogP contribution in [0.4, 0.5) is 9.18 Å². The number of allylic oxidation sites excluding steroid dienone is 1. The van der Waals surface area contributed by atoms with Gasteiger partial charge in [-0.15, -0.1) is 0 Å². The minimum Gasteiger partial charge on any atom is -0.497 e. The Bertz CT molecular complexity index is 1380. The summed E-state index contributed by atoms with van der Waals surface area (Å²) >= 11 is 0. The van der Waals surface area contributed by atoms with Gasteiger partial charge in [0.1, 0.15) is 11.6 Å². The van der Waals surface area contributed by atoms with Gasteiger partial charge in [0.05, 0.1) is 25.3 Å². The molecule has 0 bridgehead atoms. The molecule has 2 heterocycles. The van der Waals surface area contributed by atoms with Crippen molar-refractivity contribution in [3.05, 3.63) is 107 Å². The van der Waals surface area contributed by atoms with Crippen molar-refractivity contribution in [3.63, 3.8) is 0 Å². The van der Waals surface area contributed by atoms with Crippen molar-refractivity contribution in [3.8, 4) is 17.1 Å². The summed E-state index contributed by atoms with van der Waals surface area (Å²) in [7, 11) is 1.60. The molecule has 1 unspecified atom stereocenters. The van der Waals surface area contributed by atoms with E-state index in [0.717, 1.165) is 11.1 Å². The van der Waals surface area contributed by atoms with Gasteiger partial charge in [-0.2, -0.15) is 4.98 Å². The number of nitrogens with zero attached hydrogens (tertiary/aromatic N) is 3. The van der Waals surface area contributed by atoms with E-state index in [0.29, 0.717) is 35.0 Å². The normalized spacial score (nSPS) is 15.8. The van der Waals surface area contributed by atoms with Gasteiger partial charge in [0.2, 0.25) is 5.82 Å². The van der Waals surface area contributed by atoms with Gasteiger partial charge in [-0.05, 0) is 42.3 Å². The van der Waals surface area contributed by atoms with Gasteiger partial charge in [-0.3, -0.25) is 4.90 Å². The molecule has 0 radical (unpaired) electrons. The molecule has 7 nitrogen and oxygen atoms in total. The second-order valence-corrected chi connectivity index (χ2v) is 8.16. The highest BCUT2D eigenvalue weighted by Crippen LogP contribution is 2.38. The Morgan fingerprint density at radius 1 is 1.06 bits per heavy atom. The number of hydrogen-bond acceptors (Lipinski definition) is 5. The molecule has 5 rings (SSSR count). The number of rotatable bonds is 6. The Labute approximate surface area is 201 Å². The third-order valence-electron chi connectivity index (χ3n) is 5.96. The summed E-state index contributed by atoms with van der Waals surface area (Å²) in [5.74, 6) is 1.07. The van der Waals surface area contributed by atoms with Crippen LogP contribution in [-0.4, -0.2) is 28.2 Å². The van der Waals surface area contributed by atoms with E-state index < -0.39 is 6.04 Å². The van der Waals surface area contributed by atoms with Crippen molar-refractivity contribution in [2.75, 3.05) is 7.11 Å². The van der Waals surface area contributed by atoms with Gasteiger partial charge >= 0.3 is 6.03 Å². The van der Waals surface area contributed by atoms with Crippen LogP contribution in [0.15, 0.2) is 89.1 Å². The second kappa shape index (κ2) is 9.42. The fourth-order valence-electron chi connectivity index (χ4n) is 4.14. The lowest BCUT2D eigenvalue weighted by molar-refractivity contribution is 0.203. The van der Waals surface area contributed by atoms with E-state index in [2.05, 4.69) is 15.5 Å². The van der Waals surface area contributed by atoms with Gasteiger partial charge in [-0.25, -0.2) is 9.18 Å².